The van der Waals surface area contributed by atoms with Crippen LogP contribution in [0.1, 0.15) is 27.7 Å². The summed E-state index contributed by atoms with van der Waals surface area (Å²) in [6.07, 6.45) is 0. The maximum absolute atomic E-state index is 5.38. The van der Waals surface area contributed by atoms with Crippen molar-refractivity contribution in [3.05, 3.63) is 0 Å². The Morgan fingerprint density at radius 1 is 1.12 bits per heavy atom. The number of nitrogens with zero attached hydrogens (tertiary/aromatic N) is 2. The number of ether oxygens (including phenoxy) is 1. The van der Waals surface area contributed by atoms with Gasteiger partial charge in [-0.3, -0.25) is 9.80 Å². The first kappa shape index (κ1) is 12.3. The lowest BCUT2D eigenvalue weighted by Gasteiger charge is -2.63. The van der Waals surface area contributed by atoms with Crippen molar-refractivity contribution in [1.82, 2.24) is 9.80 Å². The van der Waals surface area contributed by atoms with Gasteiger partial charge in [-0.15, -0.1) is 0 Å². The van der Waals surface area contributed by atoms with Gasteiger partial charge in [0.05, 0.1) is 6.61 Å². The molecule has 0 radical (unpaired) electrons. The summed E-state index contributed by atoms with van der Waals surface area (Å²) in [7, 11) is 0. The number of hydrogen-bond acceptors (Lipinski definition) is 3. The summed E-state index contributed by atoms with van der Waals surface area (Å²) in [6, 6.07) is 0. The van der Waals surface area contributed by atoms with Crippen molar-refractivity contribution in [2.75, 3.05) is 45.9 Å². The van der Waals surface area contributed by atoms with Crippen LogP contribution in [0.15, 0.2) is 0 Å². The summed E-state index contributed by atoms with van der Waals surface area (Å²) in [5.41, 5.74) is 0.997. The van der Waals surface area contributed by atoms with Crippen molar-refractivity contribution in [3.8, 4) is 0 Å². The molecule has 0 amide bonds. The second kappa shape index (κ2) is 4.28. The van der Waals surface area contributed by atoms with E-state index in [1.807, 2.05) is 0 Å². The molecule has 0 bridgehead atoms. The molecule has 3 heteroatoms. The van der Waals surface area contributed by atoms with E-state index >= 15 is 0 Å². The van der Waals surface area contributed by atoms with Crippen LogP contribution in [0.3, 0.4) is 0 Å². The summed E-state index contributed by atoms with van der Waals surface area (Å²) in [5, 5.41) is 0. The molecule has 3 nitrogen and oxygen atoms in total. The lowest BCUT2D eigenvalue weighted by atomic mass is 9.71. The molecule has 0 atom stereocenters. The second-order valence-electron chi connectivity index (χ2n) is 6.43. The fraction of sp³-hybridized carbons (Fsp3) is 1.00. The van der Waals surface area contributed by atoms with E-state index in [9.17, 15) is 0 Å². The Bertz CT molecular complexity index is 233. The molecule has 2 aliphatic rings. The maximum Gasteiger partial charge on any atom is 0.0593 e. The lowest BCUT2D eigenvalue weighted by molar-refractivity contribution is -0.147. The fourth-order valence-electron chi connectivity index (χ4n) is 2.84. The second-order valence-corrected chi connectivity index (χ2v) is 6.43. The minimum atomic E-state index is 0.358. The molecule has 0 aromatic heterocycles. The van der Waals surface area contributed by atoms with Gasteiger partial charge in [-0.1, -0.05) is 0 Å². The van der Waals surface area contributed by atoms with Gasteiger partial charge in [-0.25, -0.2) is 0 Å². The van der Waals surface area contributed by atoms with Gasteiger partial charge < -0.3 is 4.74 Å². The van der Waals surface area contributed by atoms with Crippen LogP contribution in [0.2, 0.25) is 0 Å². The van der Waals surface area contributed by atoms with Crippen LogP contribution >= 0.6 is 0 Å². The summed E-state index contributed by atoms with van der Waals surface area (Å²) in [5.74, 6) is 0. The van der Waals surface area contributed by atoms with Gasteiger partial charge in [0.15, 0.2) is 0 Å². The van der Waals surface area contributed by atoms with Crippen LogP contribution in [-0.4, -0.2) is 61.3 Å². The molecular weight excluding hydrogens is 200 g/mol. The summed E-state index contributed by atoms with van der Waals surface area (Å²) >= 11 is 0. The SMILES string of the molecule is CCOCCN1CC2(C1)CN(C(C)(C)C)C2. The van der Waals surface area contributed by atoms with E-state index in [0.29, 0.717) is 11.0 Å². The first-order valence-corrected chi connectivity index (χ1v) is 6.50. The standard InChI is InChI=1S/C13H26N2O/c1-5-16-7-6-14-8-13(9-14)10-15(11-13)12(2,3)4/h5-11H2,1-4H3. The monoisotopic (exact) mass is 226 g/mol. The molecule has 2 heterocycles. The highest BCUT2D eigenvalue weighted by Crippen LogP contribution is 2.42. The molecule has 2 saturated heterocycles. The Morgan fingerprint density at radius 2 is 1.75 bits per heavy atom. The molecule has 2 fully saturated rings. The number of likely N-dealkylation sites (tertiary alicyclic amines) is 2. The minimum Gasteiger partial charge on any atom is -0.380 e. The molecule has 2 aliphatic heterocycles. The summed E-state index contributed by atoms with van der Waals surface area (Å²) < 4.78 is 5.38. The largest absolute Gasteiger partial charge is 0.380 e. The topological polar surface area (TPSA) is 15.7 Å². The highest BCUT2D eigenvalue weighted by molar-refractivity contribution is 5.07. The average Bonchev–Trinajstić information content (AvgIpc) is 2.03. The van der Waals surface area contributed by atoms with Crippen molar-refractivity contribution in [1.29, 1.82) is 0 Å². The van der Waals surface area contributed by atoms with Gasteiger partial charge in [0.1, 0.15) is 0 Å². The number of rotatable bonds is 4. The van der Waals surface area contributed by atoms with Crippen LogP contribution in [0.5, 0.6) is 0 Å². The molecule has 0 aromatic rings. The normalized spacial score (nSPS) is 25.5. The van der Waals surface area contributed by atoms with Gasteiger partial charge in [0, 0.05) is 50.3 Å². The van der Waals surface area contributed by atoms with Crippen LogP contribution in [0, 0.1) is 5.41 Å². The van der Waals surface area contributed by atoms with Crippen molar-refractivity contribution in [2.45, 2.75) is 33.2 Å². The zero-order chi connectivity index (χ0) is 11.8. The summed E-state index contributed by atoms with van der Waals surface area (Å²) in [6.45, 7) is 17.0. The third-order valence-electron chi connectivity index (χ3n) is 3.88. The van der Waals surface area contributed by atoms with E-state index in [2.05, 4.69) is 37.5 Å². The van der Waals surface area contributed by atoms with Gasteiger partial charge in [0.2, 0.25) is 0 Å². The molecular formula is C13H26N2O. The molecule has 2 rings (SSSR count). The van der Waals surface area contributed by atoms with Crippen LogP contribution in [0.4, 0.5) is 0 Å². The third kappa shape index (κ3) is 2.41. The fourth-order valence-corrected chi connectivity index (χ4v) is 2.84. The molecule has 0 aromatic carbocycles. The first-order valence-electron chi connectivity index (χ1n) is 6.50. The molecule has 1 spiro atoms. The van der Waals surface area contributed by atoms with E-state index in [-0.39, 0.29) is 0 Å². The highest BCUT2D eigenvalue weighted by Gasteiger charge is 2.53. The Hall–Kier alpha value is -0.120. The minimum absolute atomic E-state index is 0.358. The van der Waals surface area contributed by atoms with E-state index in [1.54, 1.807) is 0 Å². The van der Waals surface area contributed by atoms with E-state index in [0.717, 1.165) is 19.8 Å². The van der Waals surface area contributed by atoms with E-state index in [1.165, 1.54) is 26.2 Å². The molecule has 0 N–H and O–H groups in total. The molecule has 0 aliphatic carbocycles. The van der Waals surface area contributed by atoms with Gasteiger partial charge >= 0.3 is 0 Å². The van der Waals surface area contributed by atoms with Gasteiger partial charge in [-0.05, 0) is 27.7 Å². The molecule has 16 heavy (non-hydrogen) atoms. The Morgan fingerprint density at radius 3 is 2.25 bits per heavy atom. The zero-order valence-corrected chi connectivity index (χ0v) is 11.3. The third-order valence-corrected chi connectivity index (χ3v) is 3.88. The van der Waals surface area contributed by atoms with Crippen molar-refractivity contribution in [3.63, 3.8) is 0 Å². The lowest BCUT2D eigenvalue weighted by Crippen LogP contribution is -2.74. The molecule has 94 valence electrons. The van der Waals surface area contributed by atoms with E-state index in [4.69, 9.17) is 4.74 Å². The number of hydrogen-bond donors (Lipinski definition) is 0. The predicted molar refractivity (Wildman–Crippen MR) is 66.7 cm³/mol. The van der Waals surface area contributed by atoms with Gasteiger partial charge in [0.25, 0.3) is 0 Å². The maximum atomic E-state index is 5.38. The Kier molecular flexibility index (Phi) is 3.30. The van der Waals surface area contributed by atoms with Crippen LogP contribution in [-0.2, 0) is 4.74 Å². The predicted octanol–water partition coefficient (Wildman–Crippen LogP) is 1.44. The molecule has 0 saturated carbocycles. The highest BCUT2D eigenvalue weighted by atomic mass is 16.5. The average molecular weight is 226 g/mol. The van der Waals surface area contributed by atoms with Crippen molar-refractivity contribution < 1.29 is 4.74 Å². The van der Waals surface area contributed by atoms with Crippen LogP contribution in [0.25, 0.3) is 0 Å². The molecule has 0 unspecified atom stereocenters. The summed E-state index contributed by atoms with van der Waals surface area (Å²) in [4.78, 5) is 5.11. The quantitative estimate of drug-likeness (QED) is 0.675. The smallest absolute Gasteiger partial charge is 0.0593 e. The van der Waals surface area contributed by atoms with Gasteiger partial charge in [-0.2, -0.15) is 0 Å². The van der Waals surface area contributed by atoms with Crippen molar-refractivity contribution >= 4 is 0 Å². The van der Waals surface area contributed by atoms with Crippen molar-refractivity contribution in [2.24, 2.45) is 5.41 Å². The first-order chi connectivity index (χ1) is 7.45. The Labute approximate surface area is 99.7 Å². The Balaban J connectivity index is 1.63. The van der Waals surface area contributed by atoms with Crippen LogP contribution < -0.4 is 0 Å². The van der Waals surface area contributed by atoms with E-state index < -0.39 is 0 Å². The zero-order valence-electron chi connectivity index (χ0n) is 11.3.